The molecule has 1 aliphatic carbocycles. The topological polar surface area (TPSA) is 82.4 Å². The van der Waals surface area contributed by atoms with Gasteiger partial charge in [0.15, 0.2) is 0 Å². The van der Waals surface area contributed by atoms with Crippen molar-refractivity contribution in [2.24, 2.45) is 5.92 Å². The molecule has 0 aliphatic heterocycles. The Balaban J connectivity index is 1.66. The maximum absolute atomic E-state index is 12.2. The summed E-state index contributed by atoms with van der Waals surface area (Å²) in [6, 6.07) is 4.17. The second-order valence-corrected chi connectivity index (χ2v) is 8.66. The van der Waals surface area contributed by atoms with E-state index in [2.05, 4.69) is 11.4 Å². The van der Waals surface area contributed by atoms with Gasteiger partial charge in [-0.15, -0.1) is 11.3 Å². The highest BCUT2D eigenvalue weighted by Gasteiger charge is 2.27. The molecule has 2 aromatic rings. The summed E-state index contributed by atoms with van der Waals surface area (Å²) in [4.78, 5) is 26.3. The van der Waals surface area contributed by atoms with Crippen LogP contribution in [0.3, 0.4) is 0 Å². The summed E-state index contributed by atoms with van der Waals surface area (Å²) in [6.45, 7) is 0.362. The first-order valence-electron chi connectivity index (χ1n) is 8.88. The van der Waals surface area contributed by atoms with Gasteiger partial charge in [-0.05, 0) is 59.2 Å². The number of fused-ring (bicyclic) bond motifs is 1. The van der Waals surface area contributed by atoms with Crippen LogP contribution in [0.5, 0.6) is 0 Å². The van der Waals surface area contributed by atoms with E-state index in [9.17, 15) is 14.9 Å². The van der Waals surface area contributed by atoms with Crippen molar-refractivity contribution in [2.75, 3.05) is 26.0 Å². The lowest BCUT2D eigenvalue weighted by Crippen LogP contribution is -2.27. The largest absolute Gasteiger partial charge is 0.449 e. The van der Waals surface area contributed by atoms with Gasteiger partial charge in [0, 0.05) is 25.0 Å². The fourth-order valence-corrected chi connectivity index (χ4v) is 4.96. The van der Waals surface area contributed by atoms with Crippen LogP contribution in [-0.2, 0) is 22.4 Å². The number of rotatable bonds is 5. The highest BCUT2D eigenvalue weighted by atomic mass is 32.1. The van der Waals surface area contributed by atoms with Crippen molar-refractivity contribution < 1.29 is 14.3 Å². The molecule has 2 amide bonds. The third-order valence-electron chi connectivity index (χ3n) is 4.49. The van der Waals surface area contributed by atoms with Crippen molar-refractivity contribution in [1.82, 2.24) is 4.90 Å². The van der Waals surface area contributed by atoms with Gasteiger partial charge in [-0.1, -0.05) is 0 Å². The van der Waals surface area contributed by atoms with E-state index in [1.807, 2.05) is 16.8 Å². The first-order chi connectivity index (χ1) is 13.5. The maximum atomic E-state index is 12.2. The van der Waals surface area contributed by atoms with Crippen molar-refractivity contribution in [3.05, 3.63) is 44.5 Å². The first kappa shape index (κ1) is 20.1. The lowest BCUT2D eigenvalue weighted by molar-refractivity contribution is -0.111. The summed E-state index contributed by atoms with van der Waals surface area (Å²) in [7, 11) is 3.31. The van der Waals surface area contributed by atoms with Gasteiger partial charge in [-0.2, -0.15) is 16.6 Å². The molecular formula is C20H21N3O3S2. The zero-order valence-electron chi connectivity index (χ0n) is 15.7. The summed E-state index contributed by atoms with van der Waals surface area (Å²) in [6.07, 6.45) is 5.23. The van der Waals surface area contributed by atoms with E-state index >= 15 is 0 Å². The van der Waals surface area contributed by atoms with E-state index in [4.69, 9.17) is 4.74 Å². The molecule has 0 aromatic carbocycles. The molecule has 146 valence electrons. The van der Waals surface area contributed by atoms with Gasteiger partial charge in [-0.3, -0.25) is 4.79 Å². The minimum absolute atomic E-state index is 0.226. The number of carbonyl (C=O) groups is 2. The second-order valence-electron chi connectivity index (χ2n) is 6.78. The molecule has 2 aromatic heterocycles. The summed E-state index contributed by atoms with van der Waals surface area (Å²) in [5.41, 5.74) is 2.54. The zero-order valence-corrected chi connectivity index (χ0v) is 17.4. The quantitative estimate of drug-likeness (QED) is 0.744. The molecule has 6 nitrogen and oxygen atoms in total. The van der Waals surface area contributed by atoms with Crippen molar-refractivity contribution in [3.8, 4) is 6.07 Å². The van der Waals surface area contributed by atoms with Gasteiger partial charge < -0.3 is 15.0 Å². The third kappa shape index (κ3) is 4.80. The molecule has 0 bridgehead atoms. The standard InChI is InChI=1S/C20H21N3O3S2/c1-23(2)20(25)26-11-14-3-5-15-16(10-21)19(28-17(15)9-14)22-18(24)6-4-13-7-8-27-12-13/h4,6-8,12,14H,3,5,9,11H2,1-2H3,(H,22,24). The van der Waals surface area contributed by atoms with Gasteiger partial charge >= 0.3 is 6.09 Å². The molecule has 0 radical (unpaired) electrons. The lowest BCUT2D eigenvalue weighted by Gasteiger charge is -2.22. The van der Waals surface area contributed by atoms with Crippen molar-refractivity contribution in [3.63, 3.8) is 0 Å². The van der Waals surface area contributed by atoms with E-state index in [0.717, 1.165) is 35.3 Å². The Morgan fingerprint density at radius 2 is 2.29 bits per heavy atom. The minimum Gasteiger partial charge on any atom is -0.449 e. The van der Waals surface area contributed by atoms with Crippen LogP contribution in [0.1, 0.15) is 28.0 Å². The van der Waals surface area contributed by atoms with Crippen molar-refractivity contribution in [2.45, 2.75) is 19.3 Å². The maximum Gasteiger partial charge on any atom is 0.409 e. The Kier molecular flexibility index (Phi) is 6.49. The summed E-state index contributed by atoms with van der Waals surface area (Å²) in [5.74, 6) is -0.0265. The van der Waals surface area contributed by atoms with Crippen LogP contribution in [0.2, 0.25) is 0 Å². The molecular weight excluding hydrogens is 394 g/mol. The highest BCUT2D eigenvalue weighted by molar-refractivity contribution is 7.16. The van der Waals surface area contributed by atoms with Gasteiger partial charge in [0.05, 0.1) is 12.2 Å². The average Bonchev–Trinajstić information content (AvgIpc) is 3.31. The number of nitriles is 1. The zero-order chi connectivity index (χ0) is 20.1. The molecule has 0 saturated heterocycles. The number of anilines is 1. The van der Waals surface area contributed by atoms with Gasteiger partial charge in [-0.25, -0.2) is 4.79 Å². The monoisotopic (exact) mass is 415 g/mol. The number of ether oxygens (including phenoxy) is 1. The van der Waals surface area contributed by atoms with E-state index in [0.29, 0.717) is 17.2 Å². The predicted molar refractivity (Wildman–Crippen MR) is 112 cm³/mol. The van der Waals surface area contributed by atoms with Gasteiger partial charge in [0.25, 0.3) is 0 Å². The molecule has 0 spiro atoms. The van der Waals surface area contributed by atoms with Crippen LogP contribution in [-0.4, -0.2) is 37.6 Å². The smallest absolute Gasteiger partial charge is 0.409 e. The molecule has 2 heterocycles. The average molecular weight is 416 g/mol. The summed E-state index contributed by atoms with van der Waals surface area (Å²) >= 11 is 3.01. The number of hydrogen-bond donors (Lipinski definition) is 1. The lowest BCUT2D eigenvalue weighted by atomic mass is 9.88. The summed E-state index contributed by atoms with van der Waals surface area (Å²) in [5, 5.41) is 16.9. The van der Waals surface area contributed by atoms with Gasteiger partial charge in [0.2, 0.25) is 5.91 Å². The number of nitrogens with one attached hydrogen (secondary N) is 1. The molecule has 3 rings (SSSR count). The van der Waals surface area contributed by atoms with Crippen LogP contribution in [0.15, 0.2) is 22.9 Å². The molecule has 1 aliphatic rings. The first-order valence-corrected chi connectivity index (χ1v) is 10.6. The van der Waals surface area contributed by atoms with E-state index in [1.54, 1.807) is 31.5 Å². The Bertz CT molecular complexity index is 923. The number of hydrogen-bond acceptors (Lipinski definition) is 6. The highest BCUT2D eigenvalue weighted by Crippen LogP contribution is 2.39. The Morgan fingerprint density at radius 3 is 2.96 bits per heavy atom. The van der Waals surface area contributed by atoms with E-state index in [-0.39, 0.29) is 17.9 Å². The Morgan fingerprint density at radius 1 is 1.46 bits per heavy atom. The SMILES string of the molecule is CN(C)C(=O)OCC1CCc2c(sc(NC(=O)C=Cc3ccsc3)c2C#N)C1. The van der Waals surface area contributed by atoms with Crippen LogP contribution >= 0.6 is 22.7 Å². The third-order valence-corrected chi connectivity index (χ3v) is 6.37. The fourth-order valence-electron chi connectivity index (χ4n) is 3.02. The minimum atomic E-state index is -0.347. The van der Waals surface area contributed by atoms with Crippen LogP contribution in [0.4, 0.5) is 9.80 Å². The van der Waals surface area contributed by atoms with E-state index < -0.39 is 0 Å². The molecule has 28 heavy (non-hydrogen) atoms. The van der Waals surface area contributed by atoms with Crippen molar-refractivity contribution >= 4 is 45.8 Å². The fraction of sp³-hybridized carbons (Fsp3) is 0.350. The molecule has 1 atom stereocenters. The van der Waals surface area contributed by atoms with Crippen LogP contribution in [0.25, 0.3) is 6.08 Å². The molecule has 0 saturated carbocycles. The second kappa shape index (κ2) is 9.04. The molecule has 8 heteroatoms. The predicted octanol–water partition coefficient (Wildman–Crippen LogP) is 4.14. The normalized spacial score (nSPS) is 15.7. The van der Waals surface area contributed by atoms with Crippen LogP contribution < -0.4 is 5.32 Å². The number of nitrogens with zero attached hydrogens (tertiary/aromatic N) is 2. The number of amides is 2. The van der Waals surface area contributed by atoms with Crippen molar-refractivity contribution in [1.29, 1.82) is 5.26 Å². The van der Waals surface area contributed by atoms with E-state index in [1.165, 1.54) is 22.3 Å². The molecule has 1 N–H and O–H groups in total. The Labute approximate surface area is 172 Å². The number of carbonyl (C=O) groups excluding carboxylic acids is 2. The molecule has 1 unspecified atom stereocenters. The Hall–Kier alpha value is -2.63. The summed E-state index contributed by atoms with van der Waals surface area (Å²) < 4.78 is 5.30. The van der Waals surface area contributed by atoms with Gasteiger partial charge in [0.1, 0.15) is 11.1 Å². The van der Waals surface area contributed by atoms with Crippen LogP contribution in [0, 0.1) is 17.2 Å². The molecule has 0 fully saturated rings. The number of thiophene rings is 2.